The van der Waals surface area contributed by atoms with E-state index in [-0.39, 0.29) is 0 Å². The standard InChI is InChI=1S/C19H13N3/c1-2-6-16-14(5-1)15-9-8-13(11-17(15)20-16)18-12-22-10-4-3-7-19(22)21-18/h1-12,20H. The number of fused-ring (bicyclic) bond motifs is 4. The van der Waals surface area contributed by atoms with Crippen LogP contribution in [0.3, 0.4) is 0 Å². The van der Waals surface area contributed by atoms with Crippen molar-refractivity contribution in [3.05, 3.63) is 73.1 Å². The van der Waals surface area contributed by atoms with Gasteiger partial charge in [0.15, 0.2) is 0 Å². The highest BCUT2D eigenvalue weighted by atomic mass is 15.0. The van der Waals surface area contributed by atoms with Gasteiger partial charge in [-0.15, -0.1) is 0 Å². The Balaban J connectivity index is 1.75. The zero-order chi connectivity index (χ0) is 14.5. The van der Waals surface area contributed by atoms with E-state index in [2.05, 4.69) is 53.6 Å². The Labute approximate surface area is 126 Å². The van der Waals surface area contributed by atoms with Crippen molar-refractivity contribution in [2.75, 3.05) is 0 Å². The van der Waals surface area contributed by atoms with E-state index in [1.807, 2.05) is 28.8 Å². The zero-order valence-electron chi connectivity index (χ0n) is 11.8. The monoisotopic (exact) mass is 283 g/mol. The minimum Gasteiger partial charge on any atom is -0.354 e. The molecule has 3 aromatic heterocycles. The third-order valence-corrected chi connectivity index (χ3v) is 4.17. The van der Waals surface area contributed by atoms with Crippen LogP contribution in [0.25, 0.3) is 38.7 Å². The first-order valence-corrected chi connectivity index (χ1v) is 7.33. The van der Waals surface area contributed by atoms with E-state index in [0.717, 1.165) is 22.4 Å². The summed E-state index contributed by atoms with van der Waals surface area (Å²) in [4.78, 5) is 8.18. The molecule has 0 fully saturated rings. The largest absolute Gasteiger partial charge is 0.354 e. The van der Waals surface area contributed by atoms with Crippen molar-refractivity contribution in [3.63, 3.8) is 0 Å². The number of nitrogens with zero attached hydrogens (tertiary/aromatic N) is 2. The highest BCUT2D eigenvalue weighted by Gasteiger charge is 2.08. The molecule has 3 heterocycles. The van der Waals surface area contributed by atoms with E-state index in [0.29, 0.717) is 0 Å². The molecule has 0 atom stereocenters. The Bertz CT molecular complexity index is 1100. The topological polar surface area (TPSA) is 33.1 Å². The van der Waals surface area contributed by atoms with E-state index in [1.54, 1.807) is 0 Å². The van der Waals surface area contributed by atoms with Crippen LogP contribution in [-0.2, 0) is 0 Å². The summed E-state index contributed by atoms with van der Waals surface area (Å²) >= 11 is 0. The molecule has 3 nitrogen and oxygen atoms in total. The van der Waals surface area contributed by atoms with Crippen LogP contribution in [0.5, 0.6) is 0 Å². The minimum atomic E-state index is 0.967. The highest BCUT2D eigenvalue weighted by Crippen LogP contribution is 2.29. The molecular weight excluding hydrogens is 270 g/mol. The van der Waals surface area contributed by atoms with Gasteiger partial charge in [-0.3, -0.25) is 0 Å². The van der Waals surface area contributed by atoms with Gasteiger partial charge in [0, 0.05) is 39.8 Å². The summed E-state index contributed by atoms with van der Waals surface area (Å²) in [6, 6.07) is 20.9. The summed E-state index contributed by atoms with van der Waals surface area (Å²) in [5.74, 6) is 0. The molecular formula is C19H13N3. The first-order valence-electron chi connectivity index (χ1n) is 7.33. The lowest BCUT2D eigenvalue weighted by molar-refractivity contribution is 1.19. The van der Waals surface area contributed by atoms with Gasteiger partial charge in [0.05, 0.1) is 5.69 Å². The molecule has 0 unspecified atom stereocenters. The van der Waals surface area contributed by atoms with Crippen molar-refractivity contribution in [2.24, 2.45) is 0 Å². The predicted octanol–water partition coefficient (Wildman–Crippen LogP) is 4.64. The number of hydrogen-bond acceptors (Lipinski definition) is 1. The fourth-order valence-electron chi connectivity index (χ4n) is 3.09. The lowest BCUT2D eigenvalue weighted by Crippen LogP contribution is -1.77. The molecule has 0 radical (unpaired) electrons. The first kappa shape index (κ1) is 11.6. The third kappa shape index (κ3) is 1.59. The summed E-state index contributed by atoms with van der Waals surface area (Å²) in [5, 5.41) is 2.52. The van der Waals surface area contributed by atoms with Gasteiger partial charge in [-0.25, -0.2) is 4.98 Å². The van der Waals surface area contributed by atoms with Crippen LogP contribution >= 0.6 is 0 Å². The minimum absolute atomic E-state index is 0.967. The molecule has 22 heavy (non-hydrogen) atoms. The second-order valence-corrected chi connectivity index (χ2v) is 5.52. The first-order chi connectivity index (χ1) is 10.9. The number of hydrogen-bond donors (Lipinski definition) is 1. The SMILES string of the molecule is c1ccc2c(c1)[nH]c1cc(-c3cn4ccccc4n3)ccc12. The van der Waals surface area contributed by atoms with E-state index in [9.17, 15) is 0 Å². The number of benzene rings is 2. The van der Waals surface area contributed by atoms with E-state index in [4.69, 9.17) is 4.98 Å². The molecule has 5 aromatic rings. The van der Waals surface area contributed by atoms with Crippen molar-refractivity contribution in [1.29, 1.82) is 0 Å². The van der Waals surface area contributed by atoms with Crippen LogP contribution in [0.15, 0.2) is 73.1 Å². The lowest BCUT2D eigenvalue weighted by atomic mass is 10.1. The van der Waals surface area contributed by atoms with Gasteiger partial charge >= 0.3 is 0 Å². The quantitative estimate of drug-likeness (QED) is 0.478. The molecule has 104 valence electrons. The molecule has 0 saturated heterocycles. The zero-order valence-corrected chi connectivity index (χ0v) is 11.8. The van der Waals surface area contributed by atoms with Crippen molar-refractivity contribution in [3.8, 4) is 11.3 Å². The Kier molecular flexibility index (Phi) is 2.22. The van der Waals surface area contributed by atoms with Gasteiger partial charge in [-0.1, -0.05) is 36.4 Å². The number of pyridine rings is 1. The number of nitrogens with one attached hydrogen (secondary N) is 1. The van der Waals surface area contributed by atoms with Crippen molar-refractivity contribution < 1.29 is 0 Å². The molecule has 5 rings (SSSR count). The smallest absolute Gasteiger partial charge is 0.137 e. The summed E-state index contributed by atoms with van der Waals surface area (Å²) in [6.07, 6.45) is 4.09. The number of H-pyrrole nitrogens is 1. The van der Waals surface area contributed by atoms with Gasteiger partial charge in [0.25, 0.3) is 0 Å². The normalized spacial score (nSPS) is 11.6. The van der Waals surface area contributed by atoms with Gasteiger partial charge in [-0.05, 0) is 24.3 Å². The summed E-state index contributed by atoms with van der Waals surface area (Å²) in [5.41, 5.74) is 5.41. The Morgan fingerprint density at radius 2 is 1.68 bits per heavy atom. The van der Waals surface area contributed by atoms with Crippen molar-refractivity contribution in [1.82, 2.24) is 14.4 Å². The molecule has 3 heteroatoms. The van der Waals surface area contributed by atoms with Crippen LogP contribution in [0, 0.1) is 0 Å². The average molecular weight is 283 g/mol. The predicted molar refractivity (Wildman–Crippen MR) is 90.0 cm³/mol. The Hall–Kier alpha value is -3.07. The van der Waals surface area contributed by atoms with E-state index in [1.165, 1.54) is 16.3 Å². The Morgan fingerprint density at radius 3 is 2.64 bits per heavy atom. The second-order valence-electron chi connectivity index (χ2n) is 5.52. The maximum absolute atomic E-state index is 4.69. The number of aromatic amines is 1. The second kappa shape index (κ2) is 4.21. The highest BCUT2D eigenvalue weighted by molar-refractivity contribution is 6.08. The molecule has 0 saturated carbocycles. The van der Waals surface area contributed by atoms with Crippen LogP contribution < -0.4 is 0 Å². The maximum Gasteiger partial charge on any atom is 0.137 e. The summed E-state index contributed by atoms with van der Waals surface area (Å²) in [6.45, 7) is 0. The molecule has 1 N–H and O–H groups in total. The average Bonchev–Trinajstić information content (AvgIpc) is 3.15. The van der Waals surface area contributed by atoms with Crippen molar-refractivity contribution >= 4 is 27.5 Å². The molecule has 2 aromatic carbocycles. The molecule has 0 spiro atoms. The molecule has 0 aliphatic carbocycles. The van der Waals surface area contributed by atoms with Gasteiger partial charge in [0.1, 0.15) is 5.65 Å². The lowest BCUT2D eigenvalue weighted by Gasteiger charge is -1.97. The van der Waals surface area contributed by atoms with Crippen LogP contribution in [0.4, 0.5) is 0 Å². The number of aromatic nitrogens is 3. The summed E-state index contributed by atoms with van der Waals surface area (Å²) in [7, 11) is 0. The van der Waals surface area contributed by atoms with Gasteiger partial charge < -0.3 is 9.38 Å². The number of rotatable bonds is 1. The van der Waals surface area contributed by atoms with E-state index < -0.39 is 0 Å². The Morgan fingerprint density at radius 1 is 0.818 bits per heavy atom. The molecule has 0 aliphatic rings. The van der Waals surface area contributed by atoms with Gasteiger partial charge in [-0.2, -0.15) is 0 Å². The number of imidazole rings is 1. The number of para-hydroxylation sites is 1. The fraction of sp³-hybridized carbons (Fsp3) is 0. The molecule has 0 amide bonds. The fourth-order valence-corrected chi connectivity index (χ4v) is 3.09. The third-order valence-electron chi connectivity index (χ3n) is 4.17. The molecule has 0 bridgehead atoms. The molecule has 0 aliphatic heterocycles. The summed E-state index contributed by atoms with van der Waals surface area (Å²) < 4.78 is 2.05. The van der Waals surface area contributed by atoms with Crippen molar-refractivity contribution in [2.45, 2.75) is 0 Å². The van der Waals surface area contributed by atoms with Gasteiger partial charge in [0.2, 0.25) is 0 Å². The van der Waals surface area contributed by atoms with E-state index >= 15 is 0 Å². The van der Waals surface area contributed by atoms with Crippen LogP contribution in [-0.4, -0.2) is 14.4 Å². The van der Waals surface area contributed by atoms with Crippen LogP contribution in [0.1, 0.15) is 0 Å². The van der Waals surface area contributed by atoms with Crippen LogP contribution in [0.2, 0.25) is 0 Å². The maximum atomic E-state index is 4.69.